The van der Waals surface area contributed by atoms with Crippen LogP contribution in [0.4, 0.5) is 0 Å². The quantitative estimate of drug-likeness (QED) is 0.562. The largest absolute Gasteiger partial charge is 0.380 e. The summed E-state index contributed by atoms with van der Waals surface area (Å²) in [6.45, 7) is 1.07. The molecule has 1 aliphatic rings. The normalized spacial score (nSPS) is 16.0. The molecular weight excluding hydrogens is 338 g/mol. The molecule has 0 heterocycles. The molecule has 1 aliphatic carbocycles. The average molecular weight is 354 g/mol. The first-order chi connectivity index (χ1) is 9.79. The third kappa shape index (κ3) is 5.23. The molecule has 6 nitrogen and oxygen atoms in total. The molecule has 0 unspecified atom stereocenters. The van der Waals surface area contributed by atoms with Crippen LogP contribution in [0, 0.1) is 5.92 Å². The van der Waals surface area contributed by atoms with Crippen LogP contribution in [0.5, 0.6) is 0 Å². The van der Waals surface area contributed by atoms with Gasteiger partial charge in [-0.3, -0.25) is 0 Å². The Morgan fingerprint density at radius 2 is 1.86 bits per heavy atom. The van der Waals surface area contributed by atoms with Gasteiger partial charge in [0.2, 0.25) is 10.0 Å². The summed E-state index contributed by atoms with van der Waals surface area (Å²) < 4.78 is 54.1. The average Bonchev–Trinajstić information content (AvgIpc) is 3.21. The van der Waals surface area contributed by atoms with E-state index in [4.69, 9.17) is 15.4 Å². The maximum atomic E-state index is 12.0. The van der Waals surface area contributed by atoms with E-state index < -0.39 is 19.1 Å². The first-order valence-corrected chi connectivity index (χ1v) is 10.2. The predicted octanol–water partition coefficient (Wildman–Crippen LogP) is 1.32. The number of ether oxygens (including phenoxy) is 1. The second kappa shape index (κ2) is 6.62. The number of hydrogen-bond acceptors (Lipinski definition) is 5. The van der Waals surface area contributed by atoms with Gasteiger partial charge >= 0.3 is 0 Å². The summed E-state index contributed by atoms with van der Waals surface area (Å²) in [4.78, 5) is -0.400. The van der Waals surface area contributed by atoms with Gasteiger partial charge in [-0.05, 0) is 37.0 Å². The maximum Gasteiger partial charge on any atom is 0.261 e. The van der Waals surface area contributed by atoms with Gasteiger partial charge in [-0.2, -0.15) is 0 Å². The monoisotopic (exact) mass is 353 g/mol. The summed E-state index contributed by atoms with van der Waals surface area (Å²) in [5.41, 5.74) is 0. The fourth-order valence-corrected chi connectivity index (χ4v) is 3.59. The van der Waals surface area contributed by atoms with Crippen LogP contribution in [0.1, 0.15) is 12.8 Å². The van der Waals surface area contributed by atoms with Crippen LogP contribution in [0.15, 0.2) is 34.1 Å². The van der Waals surface area contributed by atoms with Crippen LogP contribution in [-0.2, 0) is 23.8 Å². The van der Waals surface area contributed by atoms with Crippen molar-refractivity contribution in [2.45, 2.75) is 22.6 Å². The van der Waals surface area contributed by atoms with Crippen LogP contribution in [-0.4, -0.2) is 36.6 Å². The second-order valence-corrected chi connectivity index (χ2v) is 9.16. The first kappa shape index (κ1) is 16.7. The van der Waals surface area contributed by atoms with Gasteiger partial charge in [0.15, 0.2) is 0 Å². The highest BCUT2D eigenvalue weighted by Crippen LogP contribution is 2.28. The number of nitrogens with one attached hydrogen (secondary N) is 1. The molecule has 0 saturated heterocycles. The van der Waals surface area contributed by atoms with E-state index in [9.17, 15) is 16.8 Å². The fourth-order valence-electron chi connectivity index (χ4n) is 1.66. The van der Waals surface area contributed by atoms with Crippen LogP contribution in [0.25, 0.3) is 0 Å². The minimum atomic E-state index is -3.96. The summed E-state index contributed by atoms with van der Waals surface area (Å²) in [6.07, 6.45) is 2.34. The molecule has 9 heteroatoms. The number of benzene rings is 1. The van der Waals surface area contributed by atoms with Crippen LogP contribution in [0.2, 0.25) is 0 Å². The highest BCUT2D eigenvalue weighted by atomic mass is 35.7. The summed E-state index contributed by atoms with van der Waals surface area (Å²) in [6, 6.07) is 4.89. The van der Waals surface area contributed by atoms with E-state index in [1.807, 2.05) is 0 Å². The number of halogens is 1. The third-order valence-electron chi connectivity index (χ3n) is 2.99. The molecule has 0 radical (unpaired) electrons. The van der Waals surface area contributed by atoms with Crippen LogP contribution < -0.4 is 4.72 Å². The molecule has 0 amide bonds. The SMILES string of the molecule is O=S(=O)(Cl)c1cccc(S(=O)(=O)NCCOCC2CC2)c1. The van der Waals surface area contributed by atoms with Crippen molar-refractivity contribution in [3.8, 4) is 0 Å². The van der Waals surface area contributed by atoms with Gasteiger partial charge in [-0.1, -0.05) is 6.07 Å². The van der Waals surface area contributed by atoms with Crippen molar-refractivity contribution in [3.05, 3.63) is 24.3 Å². The van der Waals surface area contributed by atoms with Gasteiger partial charge in [0.1, 0.15) is 0 Å². The van der Waals surface area contributed by atoms with Crippen molar-refractivity contribution in [3.63, 3.8) is 0 Å². The molecule has 1 saturated carbocycles. The number of sulfonamides is 1. The molecule has 0 atom stereocenters. The molecule has 1 fully saturated rings. The summed E-state index contributed by atoms with van der Waals surface area (Å²) in [7, 11) is -2.54. The summed E-state index contributed by atoms with van der Waals surface area (Å²) >= 11 is 0. The van der Waals surface area contributed by atoms with Gasteiger partial charge in [0.25, 0.3) is 9.05 Å². The molecule has 21 heavy (non-hydrogen) atoms. The van der Waals surface area contributed by atoms with E-state index in [-0.39, 0.29) is 22.9 Å². The molecule has 118 valence electrons. The Bertz CT molecular complexity index is 698. The van der Waals surface area contributed by atoms with Gasteiger partial charge in [0, 0.05) is 23.8 Å². The fraction of sp³-hybridized carbons (Fsp3) is 0.500. The Balaban J connectivity index is 1.94. The van der Waals surface area contributed by atoms with Crippen molar-refractivity contribution in [2.75, 3.05) is 19.8 Å². The lowest BCUT2D eigenvalue weighted by Gasteiger charge is -2.08. The summed E-state index contributed by atoms with van der Waals surface area (Å²) in [5.74, 6) is 0.618. The molecule has 1 aromatic rings. The zero-order valence-electron chi connectivity index (χ0n) is 11.2. The molecule has 1 N–H and O–H groups in total. The number of rotatable bonds is 8. The smallest absolute Gasteiger partial charge is 0.261 e. The van der Waals surface area contributed by atoms with Crippen molar-refractivity contribution >= 4 is 29.8 Å². The Labute approximate surface area is 128 Å². The molecule has 0 aliphatic heterocycles. The van der Waals surface area contributed by atoms with Gasteiger partial charge in [-0.25, -0.2) is 21.6 Å². The number of hydrogen-bond donors (Lipinski definition) is 1. The lowest BCUT2D eigenvalue weighted by molar-refractivity contribution is 0.129. The topological polar surface area (TPSA) is 89.5 Å². The minimum Gasteiger partial charge on any atom is -0.380 e. The molecule has 0 aromatic heterocycles. The van der Waals surface area contributed by atoms with Crippen LogP contribution >= 0.6 is 10.7 Å². The van der Waals surface area contributed by atoms with Crippen molar-refractivity contribution in [2.24, 2.45) is 5.92 Å². The van der Waals surface area contributed by atoms with E-state index >= 15 is 0 Å². The highest BCUT2D eigenvalue weighted by molar-refractivity contribution is 8.13. The van der Waals surface area contributed by atoms with Crippen molar-refractivity contribution < 1.29 is 21.6 Å². The molecule has 2 rings (SSSR count). The molecule has 1 aromatic carbocycles. The standard InChI is InChI=1S/C12H16ClNO5S2/c13-20(15,16)11-2-1-3-12(8-11)21(17,18)14-6-7-19-9-10-4-5-10/h1-3,8,10,14H,4-7,9H2. The van der Waals surface area contributed by atoms with Crippen LogP contribution in [0.3, 0.4) is 0 Å². The van der Waals surface area contributed by atoms with E-state index in [2.05, 4.69) is 4.72 Å². The zero-order valence-corrected chi connectivity index (χ0v) is 13.5. The Kier molecular flexibility index (Phi) is 5.26. The Morgan fingerprint density at radius 3 is 2.48 bits per heavy atom. The van der Waals surface area contributed by atoms with Crippen molar-refractivity contribution in [1.29, 1.82) is 0 Å². The van der Waals surface area contributed by atoms with E-state index in [1.165, 1.54) is 31.0 Å². The van der Waals surface area contributed by atoms with E-state index in [0.717, 1.165) is 6.07 Å². The highest BCUT2D eigenvalue weighted by Gasteiger charge is 2.21. The van der Waals surface area contributed by atoms with Gasteiger partial charge < -0.3 is 4.74 Å². The lowest BCUT2D eigenvalue weighted by atomic mass is 10.4. The van der Waals surface area contributed by atoms with E-state index in [0.29, 0.717) is 12.5 Å². The molecule has 0 bridgehead atoms. The third-order valence-corrected chi connectivity index (χ3v) is 5.80. The molecular formula is C12H16ClNO5S2. The summed E-state index contributed by atoms with van der Waals surface area (Å²) in [5, 5.41) is 0. The van der Waals surface area contributed by atoms with Gasteiger partial charge in [0.05, 0.1) is 16.4 Å². The van der Waals surface area contributed by atoms with Gasteiger partial charge in [-0.15, -0.1) is 0 Å². The lowest BCUT2D eigenvalue weighted by Crippen LogP contribution is -2.27. The second-order valence-electron chi connectivity index (χ2n) is 4.83. The molecule has 0 spiro atoms. The van der Waals surface area contributed by atoms with E-state index in [1.54, 1.807) is 0 Å². The zero-order chi connectivity index (χ0) is 15.5. The maximum absolute atomic E-state index is 12.0. The first-order valence-electron chi connectivity index (χ1n) is 6.41. The van der Waals surface area contributed by atoms with Crippen molar-refractivity contribution in [1.82, 2.24) is 4.72 Å². The minimum absolute atomic E-state index is 0.132. The predicted molar refractivity (Wildman–Crippen MR) is 78.2 cm³/mol. The Morgan fingerprint density at radius 1 is 1.19 bits per heavy atom. The Hall–Kier alpha value is -0.670.